The first-order chi connectivity index (χ1) is 8.56. The quantitative estimate of drug-likeness (QED) is 0.427. The summed E-state index contributed by atoms with van der Waals surface area (Å²) in [5.74, 6) is -0.536. The number of likely N-dealkylation sites (tertiary alicyclic amines) is 1. The second-order valence-electron chi connectivity index (χ2n) is 4.09. The van der Waals surface area contributed by atoms with E-state index < -0.39 is 6.04 Å². The Bertz CT molecular complexity index is 332. The van der Waals surface area contributed by atoms with Crippen molar-refractivity contribution in [2.75, 3.05) is 33.9 Å². The molecule has 0 aromatic rings. The first-order valence-corrected chi connectivity index (χ1v) is 5.85. The van der Waals surface area contributed by atoms with Crippen LogP contribution in [0.25, 0.3) is 0 Å². The maximum Gasteiger partial charge on any atom is 0.246 e. The van der Waals surface area contributed by atoms with Gasteiger partial charge in [-0.3, -0.25) is 19.3 Å². The van der Waals surface area contributed by atoms with Gasteiger partial charge in [0.15, 0.2) is 0 Å². The van der Waals surface area contributed by atoms with Gasteiger partial charge in [0, 0.05) is 33.7 Å². The van der Waals surface area contributed by atoms with E-state index >= 15 is 0 Å². The molecule has 0 spiro atoms. The summed E-state index contributed by atoms with van der Waals surface area (Å²) in [5.41, 5.74) is 0. The van der Waals surface area contributed by atoms with E-state index in [-0.39, 0.29) is 30.6 Å². The summed E-state index contributed by atoms with van der Waals surface area (Å²) < 4.78 is 4.80. The highest BCUT2D eigenvalue weighted by Gasteiger charge is 2.35. The normalized spacial score (nSPS) is 19.4. The monoisotopic (exact) mass is 257 g/mol. The highest BCUT2D eigenvalue weighted by Crippen LogP contribution is 2.09. The fraction of sp³-hybridized carbons (Fsp3) is 0.727. The molecule has 2 N–H and O–H groups in total. The molecular formula is C11H19N3O4. The second kappa shape index (κ2) is 7.07. The highest BCUT2D eigenvalue weighted by molar-refractivity contribution is 6.05. The van der Waals surface area contributed by atoms with Crippen LogP contribution in [0.5, 0.6) is 0 Å². The number of amides is 3. The molecule has 7 heteroatoms. The Morgan fingerprint density at radius 2 is 2.17 bits per heavy atom. The van der Waals surface area contributed by atoms with Gasteiger partial charge in [0.2, 0.25) is 17.7 Å². The van der Waals surface area contributed by atoms with Crippen molar-refractivity contribution >= 4 is 17.7 Å². The summed E-state index contributed by atoms with van der Waals surface area (Å²) in [4.78, 5) is 35.2. The molecule has 0 aliphatic carbocycles. The molecule has 1 saturated heterocycles. The minimum Gasteiger partial charge on any atom is -0.383 e. The van der Waals surface area contributed by atoms with Crippen LogP contribution < -0.4 is 10.6 Å². The second-order valence-corrected chi connectivity index (χ2v) is 4.09. The molecule has 7 nitrogen and oxygen atoms in total. The molecule has 1 aliphatic heterocycles. The van der Waals surface area contributed by atoms with Crippen molar-refractivity contribution in [1.29, 1.82) is 0 Å². The third-order valence-corrected chi connectivity index (χ3v) is 2.75. The Kier molecular flexibility index (Phi) is 5.73. The lowest BCUT2D eigenvalue weighted by molar-refractivity contribution is -0.137. The Labute approximate surface area is 106 Å². The maximum absolute atomic E-state index is 11.5. The summed E-state index contributed by atoms with van der Waals surface area (Å²) in [6.45, 7) is 1.31. The molecule has 102 valence electrons. The van der Waals surface area contributed by atoms with Crippen LogP contribution in [0.4, 0.5) is 0 Å². The fourth-order valence-corrected chi connectivity index (χ4v) is 1.66. The van der Waals surface area contributed by atoms with Crippen LogP contribution in [-0.2, 0) is 19.1 Å². The first-order valence-electron chi connectivity index (χ1n) is 5.85. The number of carbonyl (C=O) groups excluding carboxylic acids is 3. The van der Waals surface area contributed by atoms with Crippen LogP contribution in [0.3, 0.4) is 0 Å². The number of ether oxygens (including phenoxy) is 1. The van der Waals surface area contributed by atoms with Gasteiger partial charge >= 0.3 is 0 Å². The summed E-state index contributed by atoms with van der Waals surface area (Å²) in [6, 6.07) is -0.491. The zero-order valence-corrected chi connectivity index (χ0v) is 10.7. The van der Waals surface area contributed by atoms with Gasteiger partial charge in [-0.05, 0) is 0 Å². The molecule has 1 unspecified atom stereocenters. The molecule has 1 heterocycles. The number of rotatable bonds is 7. The Morgan fingerprint density at radius 1 is 1.44 bits per heavy atom. The van der Waals surface area contributed by atoms with E-state index in [4.69, 9.17) is 4.74 Å². The van der Waals surface area contributed by atoms with E-state index in [1.807, 2.05) is 0 Å². The predicted molar refractivity (Wildman–Crippen MR) is 63.7 cm³/mol. The number of nitrogens with one attached hydrogen (secondary N) is 2. The Balaban J connectivity index is 2.16. The van der Waals surface area contributed by atoms with Gasteiger partial charge in [-0.25, -0.2) is 0 Å². The SMILES string of the molecule is COCCNC(=O)CCNC1CC(=O)N(C)C1=O. The lowest BCUT2D eigenvalue weighted by atomic mass is 10.2. The molecule has 1 rings (SSSR count). The maximum atomic E-state index is 11.5. The van der Waals surface area contributed by atoms with Crippen molar-refractivity contribution in [2.45, 2.75) is 18.9 Å². The van der Waals surface area contributed by atoms with Crippen molar-refractivity contribution in [2.24, 2.45) is 0 Å². The molecule has 1 atom stereocenters. The van der Waals surface area contributed by atoms with Gasteiger partial charge in [0.1, 0.15) is 0 Å². The number of imide groups is 1. The average molecular weight is 257 g/mol. The van der Waals surface area contributed by atoms with Crippen LogP contribution >= 0.6 is 0 Å². The number of methoxy groups -OCH3 is 1. The van der Waals surface area contributed by atoms with Gasteiger partial charge in [-0.15, -0.1) is 0 Å². The molecule has 1 aliphatic rings. The first kappa shape index (κ1) is 14.6. The summed E-state index contributed by atoms with van der Waals surface area (Å²) in [6.07, 6.45) is 0.437. The largest absolute Gasteiger partial charge is 0.383 e. The topological polar surface area (TPSA) is 87.7 Å². The zero-order valence-electron chi connectivity index (χ0n) is 10.7. The molecule has 0 aromatic carbocycles. The van der Waals surface area contributed by atoms with Crippen LogP contribution in [0.2, 0.25) is 0 Å². The van der Waals surface area contributed by atoms with Crippen molar-refractivity contribution in [3.8, 4) is 0 Å². The zero-order chi connectivity index (χ0) is 13.5. The van der Waals surface area contributed by atoms with Gasteiger partial charge in [-0.1, -0.05) is 0 Å². The van der Waals surface area contributed by atoms with Crippen molar-refractivity contribution in [3.05, 3.63) is 0 Å². The Morgan fingerprint density at radius 3 is 2.72 bits per heavy atom. The number of carbonyl (C=O) groups is 3. The molecule has 3 amide bonds. The molecule has 1 fully saturated rings. The molecular weight excluding hydrogens is 238 g/mol. The number of hydrogen-bond acceptors (Lipinski definition) is 5. The van der Waals surface area contributed by atoms with Crippen molar-refractivity contribution in [3.63, 3.8) is 0 Å². The number of nitrogens with zero attached hydrogens (tertiary/aromatic N) is 1. The standard InChI is InChI=1S/C11H19N3O4/c1-14-10(16)7-8(11(14)17)12-4-3-9(15)13-5-6-18-2/h8,12H,3-7H2,1-2H3,(H,13,15). The van der Waals surface area contributed by atoms with Gasteiger partial charge in [0.25, 0.3) is 0 Å². The summed E-state index contributed by atoms with van der Waals surface area (Å²) in [5, 5.41) is 5.58. The molecule has 0 saturated carbocycles. The minimum atomic E-state index is -0.491. The van der Waals surface area contributed by atoms with E-state index in [2.05, 4.69) is 10.6 Å². The van der Waals surface area contributed by atoms with Crippen molar-refractivity contribution < 1.29 is 19.1 Å². The van der Waals surface area contributed by atoms with Crippen LogP contribution in [-0.4, -0.2) is 62.5 Å². The molecule has 18 heavy (non-hydrogen) atoms. The summed E-state index contributed by atoms with van der Waals surface area (Å²) in [7, 11) is 3.02. The van der Waals surface area contributed by atoms with E-state index in [0.717, 1.165) is 4.90 Å². The summed E-state index contributed by atoms with van der Waals surface area (Å²) >= 11 is 0. The van der Waals surface area contributed by atoms with E-state index in [0.29, 0.717) is 19.7 Å². The third kappa shape index (κ3) is 4.08. The number of hydrogen-bond donors (Lipinski definition) is 2. The molecule has 0 bridgehead atoms. The smallest absolute Gasteiger partial charge is 0.246 e. The Hall–Kier alpha value is -1.47. The van der Waals surface area contributed by atoms with E-state index in [9.17, 15) is 14.4 Å². The lowest BCUT2D eigenvalue weighted by Crippen LogP contribution is -2.39. The van der Waals surface area contributed by atoms with Crippen LogP contribution in [0.1, 0.15) is 12.8 Å². The highest BCUT2D eigenvalue weighted by atomic mass is 16.5. The van der Waals surface area contributed by atoms with E-state index in [1.165, 1.54) is 7.05 Å². The average Bonchev–Trinajstić information content (AvgIpc) is 2.57. The van der Waals surface area contributed by atoms with Crippen LogP contribution in [0.15, 0.2) is 0 Å². The predicted octanol–water partition coefficient (Wildman–Crippen LogP) is -1.51. The van der Waals surface area contributed by atoms with E-state index in [1.54, 1.807) is 7.11 Å². The molecule has 0 radical (unpaired) electrons. The van der Waals surface area contributed by atoms with Crippen molar-refractivity contribution in [1.82, 2.24) is 15.5 Å². The lowest BCUT2D eigenvalue weighted by Gasteiger charge is -2.10. The fourth-order valence-electron chi connectivity index (χ4n) is 1.66. The third-order valence-electron chi connectivity index (χ3n) is 2.75. The number of likely N-dealkylation sites (N-methyl/N-ethyl adjacent to an activating group) is 1. The van der Waals surface area contributed by atoms with Gasteiger partial charge in [0.05, 0.1) is 19.1 Å². The van der Waals surface area contributed by atoms with Crippen LogP contribution in [0, 0.1) is 0 Å². The minimum absolute atomic E-state index is 0.107. The molecule has 0 aromatic heterocycles. The van der Waals surface area contributed by atoms with Gasteiger partial charge in [-0.2, -0.15) is 0 Å². The van der Waals surface area contributed by atoms with Gasteiger partial charge < -0.3 is 15.4 Å².